The SMILES string of the molecule is CC(C)c1cccc(C(C)C)c1NC(=S)NC(=O)CCCOc1ccccc1. The second-order valence-electron chi connectivity index (χ2n) is 7.39. The third kappa shape index (κ3) is 6.64. The number of para-hydroxylation sites is 2. The summed E-state index contributed by atoms with van der Waals surface area (Å²) in [7, 11) is 0. The van der Waals surface area contributed by atoms with Crippen LogP contribution in [0.4, 0.5) is 5.69 Å². The number of benzene rings is 2. The Bertz CT molecular complexity index is 762. The highest BCUT2D eigenvalue weighted by atomic mass is 32.1. The Morgan fingerprint density at radius 1 is 0.964 bits per heavy atom. The number of nitrogens with one attached hydrogen (secondary N) is 2. The second-order valence-corrected chi connectivity index (χ2v) is 7.80. The van der Waals surface area contributed by atoms with Crippen molar-refractivity contribution >= 4 is 28.9 Å². The third-order valence-electron chi connectivity index (χ3n) is 4.42. The Morgan fingerprint density at radius 2 is 1.57 bits per heavy atom. The number of hydrogen-bond acceptors (Lipinski definition) is 3. The topological polar surface area (TPSA) is 50.4 Å². The summed E-state index contributed by atoms with van der Waals surface area (Å²) in [4.78, 5) is 12.2. The zero-order valence-electron chi connectivity index (χ0n) is 17.1. The molecule has 0 spiro atoms. The van der Waals surface area contributed by atoms with Crippen LogP contribution in [0.25, 0.3) is 0 Å². The van der Waals surface area contributed by atoms with E-state index in [-0.39, 0.29) is 5.91 Å². The molecule has 2 aromatic rings. The van der Waals surface area contributed by atoms with E-state index in [4.69, 9.17) is 17.0 Å². The van der Waals surface area contributed by atoms with Crippen molar-refractivity contribution in [3.05, 3.63) is 59.7 Å². The lowest BCUT2D eigenvalue weighted by Crippen LogP contribution is -2.34. The van der Waals surface area contributed by atoms with Crippen molar-refractivity contribution in [1.29, 1.82) is 0 Å². The summed E-state index contributed by atoms with van der Waals surface area (Å²) < 4.78 is 5.61. The van der Waals surface area contributed by atoms with Crippen molar-refractivity contribution in [2.24, 2.45) is 0 Å². The lowest BCUT2D eigenvalue weighted by atomic mass is 9.93. The van der Waals surface area contributed by atoms with Crippen LogP contribution in [0, 0.1) is 0 Å². The molecule has 0 unspecified atom stereocenters. The fourth-order valence-electron chi connectivity index (χ4n) is 2.97. The first kappa shape index (κ1) is 21.9. The van der Waals surface area contributed by atoms with E-state index in [2.05, 4.69) is 56.5 Å². The van der Waals surface area contributed by atoms with Gasteiger partial charge in [-0.05, 0) is 53.7 Å². The molecule has 0 fully saturated rings. The van der Waals surface area contributed by atoms with Crippen LogP contribution in [-0.4, -0.2) is 17.6 Å². The Hall–Kier alpha value is -2.40. The minimum absolute atomic E-state index is 0.109. The molecule has 1 amide bonds. The van der Waals surface area contributed by atoms with Crippen molar-refractivity contribution in [3.63, 3.8) is 0 Å². The molecule has 0 aliphatic heterocycles. The average molecular weight is 399 g/mol. The molecular formula is C23H30N2O2S. The van der Waals surface area contributed by atoms with Gasteiger partial charge < -0.3 is 15.4 Å². The summed E-state index contributed by atoms with van der Waals surface area (Å²) in [6.07, 6.45) is 0.987. The van der Waals surface area contributed by atoms with E-state index < -0.39 is 0 Å². The van der Waals surface area contributed by atoms with Gasteiger partial charge in [0.05, 0.1) is 6.61 Å². The second kappa shape index (κ2) is 10.8. The lowest BCUT2D eigenvalue weighted by Gasteiger charge is -2.21. The Morgan fingerprint density at radius 3 is 2.14 bits per heavy atom. The highest BCUT2D eigenvalue weighted by Crippen LogP contribution is 2.32. The predicted octanol–water partition coefficient (Wildman–Crippen LogP) is 5.61. The fourth-order valence-corrected chi connectivity index (χ4v) is 3.18. The zero-order valence-corrected chi connectivity index (χ0v) is 17.9. The van der Waals surface area contributed by atoms with Crippen LogP contribution in [0.5, 0.6) is 5.75 Å². The number of carbonyl (C=O) groups excluding carboxylic acids is 1. The van der Waals surface area contributed by atoms with Gasteiger partial charge in [0.1, 0.15) is 5.75 Å². The van der Waals surface area contributed by atoms with Crippen LogP contribution in [0.2, 0.25) is 0 Å². The molecular weight excluding hydrogens is 368 g/mol. The number of hydrogen-bond donors (Lipinski definition) is 2. The molecule has 0 atom stereocenters. The number of ether oxygens (including phenoxy) is 1. The van der Waals surface area contributed by atoms with E-state index >= 15 is 0 Å². The van der Waals surface area contributed by atoms with Crippen LogP contribution in [0.3, 0.4) is 0 Å². The molecule has 0 saturated carbocycles. The molecule has 0 saturated heterocycles. The van der Waals surface area contributed by atoms with Gasteiger partial charge in [-0.3, -0.25) is 4.79 Å². The summed E-state index contributed by atoms with van der Waals surface area (Å²) in [5.41, 5.74) is 3.39. The Kier molecular flexibility index (Phi) is 8.45. The maximum atomic E-state index is 12.2. The van der Waals surface area contributed by atoms with Gasteiger partial charge in [0.15, 0.2) is 5.11 Å². The zero-order chi connectivity index (χ0) is 20.5. The first-order chi connectivity index (χ1) is 13.4. The molecule has 150 valence electrons. The van der Waals surface area contributed by atoms with Crippen molar-refractivity contribution in [2.45, 2.75) is 52.4 Å². The first-order valence-corrected chi connectivity index (χ1v) is 10.2. The molecule has 0 aliphatic rings. The van der Waals surface area contributed by atoms with Gasteiger partial charge in [0.2, 0.25) is 5.91 Å². The third-order valence-corrected chi connectivity index (χ3v) is 4.63. The number of amides is 1. The average Bonchev–Trinajstić information content (AvgIpc) is 2.65. The molecule has 5 heteroatoms. The van der Waals surface area contributed by atoms with Gasteiger partial charge in [0, 0.05) is 12.1 Å². The summed E-state index contributed by atoms with van der Waals surface area (Å²) in [6.45, 7) is 9.10. The van der Waals surface area contributed by atoms with E-state index in [1.165, 1.54) is 11.1 Å². The maximum absolute atomic E-state index is 12.2. The predicted molar refractivity (Wildman–Crippen MR) is 120 cm³/mol. The maximum Gasteiger partial charge on any atom is 0.226 e. The number of thiocarbonyl (C=S) groups is 1. The molecule has 28 heavy (non-hydrogen) atoms. The van der Waals surface area contributed by atoms with Crippen LogP contribution in [-0.2, 0) is 4.79 Å². The van der Waals surface area contributed by atoms with Gasteiger partial charge in [-0.15, -0.1) is 0 Å². The summed E-state index contributed by atoms with van der Waals surface area (Å²) in [6, 6.07) is 15.9. The lowest BCUT2D eigenvalue weighted by molar-refractivity contribution is -0.119. The summed E-state index contributed by atoms with van der Waals surface area (Å²) in [5.74, 6) is 1.42. The molecule has 0 radical (unpaired) electrons. The highest BCUT2D eigenvalue weighted by Gasteiger charge is 2.15. The van der Waals surface area contributed by atoms with E-state index in [1.807, 2.05) is 30.3 Å². The van der Waals surface area contributed by atoms with E-state index in [0.29, 0.717) is 36.4 Å². The Balaban J connectivity index is 1.87. The van der Waals surface area contributed by atoms with E-state index in [0.717, 1.165) is 11.4 Å². The van der Waals surface area contributed by atoms with Gasteiger partial charge in [-0.2, -0.15) is 0 Å². The molecule has 0 bridgehead atoms. The van der Waals surface area contributed by atoms with Crippen LogP contribution in [0.15, 0.2) is 48.5 Å². The summed E-state index contributed by atoms with van der Waals surface area (Å²) in [5, 5.41) is 6.38. The minimum Gasteiger partial charge on any atom is -0.494 e. The van der Waals surface area contributed by atoms with Crippen molar-refractivity contribution < 1.29 is 9.53 Å². The molecule has 2 rings (SSSR count). The fraction of sp³-hybridized carbons (Fsp3) is 0.391. The quantitative estimate of drug-likeness (QED) is 0.448. The van der Waals surface area contributed by atoms with Gasteiger partial charge in [-0.1, -0.05) is 64.1 Å². The van der Waals surface area contributed by atoms with Crippen molar-refractivity contribution in [1.82, 2.24) is 5.32 Å². The minimum atomic E-state index is -0.109. The molecule has 0 heterocycles. The van der Waals surface area contributed by atoms with Crippen molar-refractivity contribution in [3.8, 4) is 5.75 Å². The van der Waals surface area contributed by atoms with Gasteiger partial charge >= 0.3 is 0 Å². The Labute approximate surface area is 173 Å². The first-order valence-electron chi connectivity index (χ1n) is 9.80. The number of rotatable bonds is 8. The van der Waals surface area contributed by atoms with Gasteiger partial charge in [0.25, 0.3) is 0 Å². The highest BCUT2D eigenvalue weighted by molar-refractivity contribution is 7.80. The van der Waals surface area contributed by atoms with Crippen LogP contribution in [0.1, 0.15) is 63.5 Å². The largest absolute Gasteiger partial charge is 0.494 e. The molecule has 4 nitrogen and oxygen atoms in total. The molecule has 2 N–H and O–H groups in total. The van der Waals surface area contributed by atoms with E-state index in [1.54, 1.807) is 0 Å². The standard InChI is InChI=1S/C23H30N2O2S/c1-16(2)19-12-8-13-20(17(3)4)22(19)25-23(28)24-21(26)14-9-15-27-18-10-6-5-7-11-18/h5-8,10-13,16-17H,9,14-15H2,1-4H3,(H2,24,25,26,28). The number of anilines is 1. The number of carbonyl (C=O) groups is 1. The normalized spacial score (nSPS) is 10.8. The molecule has 0 aliphatic carbocycles. The van der Waals surface area contributed by atoms with Crippen LogP contribution < -0.4 is 15.4 Å². The molecule has 0 aromatic heterocycles. The smallest absolute Gasteiger partial charge is 0.226 e. The van der Waals surface area contributed by atoms with E-state index in [9.17, 15) is 4.79 Å². The van der Waals surface area contributed by atoms with Crippen LogP contribution >= 0.6 is 12.2 Å². The van der Waals surface area contributed by atoms with Gasteiger partial charge in [-0.25, -0.2) is 0 Å². The molecule has 2 aromatic carbocycles. The van der Waals surface area contributed by atoms with Crippen molar-refractivity contribution in [2.75, 3.05) is 11.9 Å². The summed E-state index contributed by atoms with van der Waals surface area (Å²) >= 11 is 5.39. The monoisotopic (exact) mass is 398 g/mol.